The summed E-state index contributed by atoms with van der Waals surface area (Å²) in [5.41, 5.74) is 2.89. The first-order valence-electron chi connectivity index (χ1n) is 4.58. The molecule has 0 bridgehead atoms. The van der Waals surface area contributed by atoms with E-state index in [-0.39, 0.29) is 11.4 Å². The summed E-state index contributed by atoms with van der Waals surface area (Å²) < 4.78 is 0. The average Bonchev–Trinajstić information content (AvgIpc) is 2.30. The number of hydrogen-bond acceptors (Lipinski definition) is 2. The highest BCUT2D eigenvalue weighted by atomic mass is 16.2. The van der Waals surface area contributed by atoms with Gasteiger partial charge in [-0.3, -0.25) is 9.80 Å². The van der Waals surface area contributed by atoms with Gasteiger partial charge in [0.15, 0.2) is 0 Å². The zero-order valence-electron chi connectivity index (χ0n) is 8.77. The number of rotatable bonds is 1. The first kappa shape index (κ1) is 11.4. The van der Waals surface area contributed by atoms with E-state index in [0.717, 1.165) is 6.42 Å². The molecule has 0 spiro atoms. The Morgan fingerprint density at radius 1 is 1.42 bits per heavy atom. The Morgan fingerprint density at radius 2 is 1.92 bits per heavy atom. The summed E-state index contributed by atoms with van der Waals surface area (Å²) in [6.45, 7) is 8.13. The number of nitrogens with zero attached hydrogens (tertiary/aromatic N) is 1. The summed E-state index contributed by atoms with van der Waals surface area (Å²) in [5.74, 6) is 0.201. The van der Waals surface area contributed by atoms with Crippen molar-refractivity contribution in [2.75, 3.05) is 7.05 Å². The number of hydrogen-bond donors (Lipinski definition) is 1. The van der Waals surface area contributed by atoms with E-state index < -0.39 is 0 Å². The largest absolute Gasteiger partial charge is 0.273 e. The van der Waals surface area contributed by atoms with Gasteiger partial charge in [-0.2, -0.15) is 0 Å². The highest BCUT2D eigenvalue weighted by Gasteiger charge is 2.36. The molecule has 0 saturated carbocycles. The second-order valence-corrected chi connectivity index (χ2v) is 3.27. The van der Waals surface area contributed by atoms with Gasteiger partial charge in [0.25, 0.3) is 0 Å². The van der Waals surface area contributed by atoms with Crippen LogP contribution in [0.1, 0.15) is 40.5 Å². The molecule has 12 heavy (non-hydrogen) atoms. The van der Waals surface area contributed by atoms with Gasteiger partial charge in [0.1, 0.15) is 0 Å². The predicted octanol–water partition coefficient (Wildman–Crippen LogP) is 1.55. The number of nitrogens with one attached hydrogen (secondary N) is 1. The molecule has 0 aromatic heterocycles. The molecule has 1 amide bonds. The quantitative estimate of drug-likeness (QED) is 0.651. The number of carbonyl (C=O) groups is 1. The van der Waals surface area contributed by atoms with E-state index in [0.29, 0.717) is 6.42 Å². The first-order chi connectivity index (χ1) is 5.58. The van der Waals surface area contributed by atoms with Crippen molar-refractivity contribution in [3.8, 4) is 0 Å². The normalized spacial score (nSPS) is 20.4. The van der Waals surface area contributed by atoms with Crippen molar-refractivity contribution in [3.63, 3.8) is 0 Å². The average molecular weight is 172 g/mol. The monoisotopic (exact) mass is 172 g/mol. The Hall–Kier alpha value is -0.570. The fraction of sp³-hybridized carbons (Fsp3) is 0.889. The second kappa shape index (κ2) is 4.45. The van der Waals surface area contributed by atoms with E-state index in [9.17, 15) is 4.79 Å². The highest BCUT2D eigenvalue weighted by Crippen LogP contribution is 2.26. The van der Waals surface area contributed by atoms with E-state index in [1.165, 1.54) is 0 Å². The predicted molar refractivity (Wildman–Crippen MR) is 50.6 cm³/mol. The molecular formula is C9H20N2O. The maximum atomic E-state index is 11.1. The molecule has 1 heterocycles. The Bertz CT molecular complexity index is 155. The molecule has 1 aliphatic rings. The van der Waals surface area contributed by atoms with Crippen molar-refractivity contribution in [1.29, 1.82) is 0 Å². The molecule has 1 rings (SSSR count). The smallest absolute Gasteiger partial charge is 0.237 e. The van der Waals surface area contributed by atoms with Crippen LogP contribution in [0.5, 0.6) is 0 Å². The summed E-state index contributed by atoms with van der Waals surface area (Å²) in [4.78, 5) is 11.1. The molecule has 0 unspecified atom stereocenters. The van der Waals surface area contributed by atoms with Crippen LogP contribution < -0.4 is 5.43 Å². The van der Waals surface area contributed by atoms with Crippen molar-refractivity contribution >= 4 is 5.91 Å². The van der Waals surface area contributed by atoms with Gasteiger partial charge in [0.2, 0.25) is 5.91 Å². The van der Waals surface area contributed by atoms with Crippen LogP contribution in [0.25, 0.3) is 0 Å². The van der Waals surface area contributed by atoms with Crippen LogP contribution in [-0.4, -0.2) is 23.5 Å². The standard InChI is InChI=1S/C7H14N2O.C2H6/c1-7(2)5-4-6(10)9(7)8-3;1-2/h8H,4-5H2,1-3H3;1-2H3. The third-order valence-corrected chi connectivity index (χ3v) is 2.03. The van der Waals surface area contributed by atoms with Gasteiger partial charge < -0.3 is 0 Å². The lowest BCUT2D eigenvalue weighted by atomic mass is 10.0. The van der Waals surface area contributed by atoms with Crippen molar-refractivity contribution < 1.29 is 4.79 Å². The van der Waals surface area contributed by atoms with Gasteiger partial charge in [0.05, 0.1) is 5.54 Å². The number of amides is 1. The molecule has 0 radical (unpaired) electrons. The minimum atomic E-state index is 0.00579. The Labute approximate surface area is 75.1 Å². The van der Waals surface area contributed by atoms with Crippen LogP contribution in [0.4, 0.5) is 0 Å². The van der Waals surface area contributed by atoms with Crippen LogP contribution in [0.3, 0.4) is 0 Å². The fourth-order valence-corrected chi connectivity index (χ4v) is 1.40. The molecule has 1 saturated heterocycles. The highest BCUT2D eigenvalue weighted by molar-refractivity contribution is 5.78. The molecule has 3 nitrogen and oxygen atoms in total. The molecule has 0 aliphatic carbocycles. The van der Waals surface area contributed by atoms with E-state index in [1.54, 1.807) is 12.1 Å². The Kier molecular flexibility index (Phi) is 4.24. The van der Waals surface area contributed by atoms with Gasteiger partial charge in [-0.25, -0.2) is 5.43 Å². The lowest BCUT2D eigenvalue weighted by Gasteiger charge is -2.30. The molecule has 72 valence electrons. The van der Waals surface area contributed by atoms with Gasteiger partial charge in [-0.15, -0.1) is 0 Å². The molecule has 0 aromatic carbocycles. The summed E-state index contributed by atoms with van der Waals surface area (Å²) in [6.07, 6.45) is 1.63. The van der Waals surface area contributed by atoms with Crippen LogP contribution in [0, 0.1) is 0 Å². The van der Waals surface area contributed by atoms with E-state index in [1.807, 2.05) is 13.8 Å². The van der Waals surface area contributed by atoms with E-state index in [4.69, 9.17) is 0 Å². The molecule has 0 aromatic rings. The van der Waals surface area contributed by atoms with Gasteiger partial charge in [-0.05, 0) is 20.3 Å². The maximum absolute atomic E-state index is 11.1. The Morgan fingerprint density at radius 3 is 2.08 bits per heavy atom. The molecular weight excluding hydrogens is 152 g/mol. The van der Waals surface area contributed by atoms with Crippen molar-refractivity contribution in [1.82, 2.24) is 10.4 Å². The third kappa shape index (κ3) is 2.21. The zero-order chi connectivity index (χ0) is 9.78. The summed E-state index contributed by atoms with van der Waals surface area (Å²) in [7, 11) is 1.78. The SMILES string of the molecule is CC.CNN1C(=O)CCC1(C)C. The molecule has 1 N–H and O–H groups in total. The maximum Gasteiger partial charge on any atom is 0.237 e. The third-order valence-electron chi connectivity index (χ3n) is 2.03. The summed E-state index contributed by atoms with van der Waals surface area (Å²) in [5, 5.41) is 1.70. The second-order valence-electron chi connectivity index (χ2n) is 3.27. The fourth-order valence-electron chi connectivity index (χ4n) is 1.40. The summed E-state index contributed by atoms with van der Waals surface area (Å²) in [6, 6.07) is 0. The van der Waals surface area contributed by atoms with E-state index in [2.05, 4.69) is 19.3 Å². The van der Waals surface area contributed by atoms with Gasteiger partial charge in [0, 0.05) is 13.5 Å². The topological polar surface area (TPSA) is 32.3 Å². The lowest BCUT2D eigenvalue weighted by molar-refractivity contribution is -0.133. The number of hydrazine groups is 1. The molecule has 0 atom stereocenters. The minimum Gasteiger partial charge on any atom is -0.273 e. The minimum absolute atomic E-state index is 0.00579. The zero-order valence-corrected chi connectivity index (χ0v) is 8.77. The van der Waals surface area contributed by atoms with Gasteiger partial charge >= 0.3 is 0 Å². The van der Waals surface area contributed by atoms with Gasteiger partial charge in [-0.1, -0.05) is 13.8 Å². The first-order valence-corrected chi connectivity index (χ1v) is 4.58. The van der Waals surface area contributed by atoms with Crippen molar-refractivity contribution in [2.45, 2.75) is 46.1 Å². The van der Waals surface area contributed by atoms with Crippen molar-refractivity contribution in [3.05, 3.63) is 0 Å². The van der Waals surface area contributed by atoms with Crippen LogP contribution in [-0.2, 0) is 4.79 Å². The molecule has 3 heteroatoms. The Balaban J connectivity index is 0.000000561. The molecule has 1 aliphatic heterocycles. The van der Waals surface area contributed by atoms with E-state index >= 15 is 0 Å². The van der Waals surface area contributed by atoms with Crippen LogP contribution in [0.15, 0.2) is 0 Å². The number of carbonyl (C=O) groups excluding carboxylic acids is 1. The lowest BCUT2D eigenvalue weighted by Crippen LogP contribution is -2.48. The molecule has 1 fully saturated rings. The van der Waals surface area contributed by atoms with Crippen LogP contribution in [0.2, 0.25) is 0 Å². The van der Waals surface area contributed by atoms with Crippen LogP contribution >= 0.6 is 0 Å². The summed E-state index contributed by atoms with van der Waals surface area (Å²) >= 11 is 0. The van der Waals surface area contributed by atoms with Crippen molar-refractivity contribution in [2.24, 2.45) is 0 Å².